The summed E-state index contributed by atoms with van der Waals surface area (Å²) in [4.78, 5) is 27.0. The van der Waals surface area contributed by atoms with Crippen LogP contribution in [-0.2, 0) is 16.6 Å². The number of nitrogens with one attached hydrogen (secondary N) is 1. The lowest BCUT2D eigenvalue weighted by Gasteiger charge is -2.32. The van der Waals surface area contributed by atoms with Gasteiger partial charge in [-0.3, -0.25) is 9.59 Å². The summed E-state index contributed by atoms with van der Waals surface area (Å²) >= 11 is 0. The topological polar surface area (TPSA) is 58.6 Å². The number of hydrogen-bond donors (Lipinski definition) is 1. The fraction of sp³-hybridized carbons (Fsp3) is 0.462. The molecule has 5 nitrogen and oxygen atoms in total. The summed E-state index contributed by atoms with van der Waals surface area (Å²) in [6, 6.07) is 15.7. The first-order valence-corrected chi connectivity index (χ1v) is 11.2. The Labute approximate surface area is 185 Å². The van der Waals surface area contributed by atoms with Gasteiger partial charge in [-0.25, -0.2) is 0 Å². The lowest BCUT2D eigenvalue weighted by atomic mass is 9.86. The van der Waals surface area contributed by atoms with Crippen molar-refractivity contribution < 1.29 is 14.3 Å². The molecule has 1 aliphatic rings. The van der Waals surface area contributed by atoms with E-state index in [4.69, 9.17) is 4.74 Å². The highest BCUT2D eigenvalue weighted by atomic mass is 16.5. The van der Waals surface area contributed by atoms with Crippen molar-refractivity contribution >= 4 is 11.8 Å². The monoisotopic (exact) mass is 422 g/mol. The molecule has 1 aliphatic heterocycles. The standard InChI is InChI=1S/C26H34N2O3/c1-5-19-8-6-7-9-23(19)31-18-24(29)28-16-14-22(15-17-28)27-25(30)20-10-12-21(13-11-20)26(2,3)4/h6-13,22H,5,14-18H2,1-4H3,(H,27,30). The highest BCUT2D eigenvalue weighted by Gasteiger charge is 2.24. The first kappa shape index (κ1) is 22.9. The third-order valence-electron chi connectivity index (χ3n) is 5.90. The largest absolute Gasteiger partial charge is 0.483 e. The molecule has 0 bridgehead atoms. The Morgan fingerprint density at radius 2 is 1.68 bits per heavy atom. The number of likely N-dealkylation sites (tertiary alicyclic amines) is 1. The number of aryl methyl sites for hydroxylation is 1. The fourth-order valence-electron chi connectivity index (χ4n) is 3.83. The number of benzene rings is 2. The Hall–Kier alpha value is -2.82. The Bertz CT molecular complexity index is 892. The second-order valence-electron chi connectivity index (χ2n) is 9.21. The number of nitrogens with zero attached hydrogens (tertiary/aromatic N) is 1. The molecule has 2 aromatic carbocycles. The van der Waals surface area contributed by atoms with Gasteiger partial charge in [0.25, 0.3) is 11.8 Å². The van der Waals surface area contributed by atoms with E-state index in [0.717, 1.165) is 30.6 Å². The van der Waals surface area contributed by atoms with Gasteiger partial charge >= 0.3 is 0 Å². The number of carbonyl (C=O) groups is 2. The van der Waals surface area contributed by atoms with Gasteiger partial charge in [0.2, 0.25) is 0 Å². The van der Waals surface area contributed by atoms with Gasteiger partial charge in [0.1, 0.15) is 5.75 Å². The van der Waals surface area contributed by atoms with Crippen LogP contribution >= 0.6 is 0 Å². The van der Waals surface area contributed by atoms with Crippen LogP contribution in [0.1, 0.15) is 62.0 Å². The van der Waals surface area contributed by atoms with Crippen molar-refractivity contribution in [2.45, 2.75) is 58.4 Å². The van der Waals surface area contributed by atoms with Crippen molar-refractivity contribution in [1.82, 2.24) is 10.2 Å². The Kier molecular flexibility index (Phi) is 7.37. The molecule has 1 saturated heterocycles. The molecule has 5 heteroatoms. The molecular formula is C26H34N2O3. The molecule has 0 unspecified atom stereocenters. The number of para-hydroxylation sites is 1. The maximum absolute atomic E-state index is 12.6. The van der Waals surface area contributed by atoms with E-state index >= 15 is 0 Å². The van der Waals surface area contributed by atoms with Gasteiger partial charge < -0.3 is 15.0 Å². The Balaban J connectivity index is 1.45. The van der Waals surface area contributed by atoms with Crippen LogP contribution in [0, 0.1) is 0 Å². The minimum Gasteiger partial charge on any atom is -0.483 e. The molecule has 166 valence electrons. The van der Waals surface area contributed by atoms with Crippen molar-refractivity contribution in [2.75, 3.05) is 19.7 Å². The Morgan fingerprint density at radius 3 is 2.29 bits per heavy atom. The van der Waals surface area contributed by atoms with Crippen molar-refractivity contribution in [2.24, 2.45) is 0 Å². The van der Waals surface area contributed by atoms with E-state index in [9.17, 15) is 9.59 Å². The first-order chi connectivity index (χ1) is 14.8. The van der Waals surface area contributed by atoms with E-state index in [2.05, 4.69) is 33.0 Å². The smallest absolute Gasteiger partial charge is 0.260 e. The minimum atomic E-state index is -0.0512. The molecular weight excluding hydrogens is 388 g/mol. The molecule has 31 heavy (non-hydrogen) atoms. The van der Waals surface area contributed by atoms with Crippen LogP contribution in [0.25, 0.3) is 0 Å². The number of rotatable bonds is 6. The zero-order chi connectivity index (χ0) is 22.4. The maximum Gasteiger partial charge on any atom is 0.260 e. The highest BCUT2D eigenvalue weighted by molar-refractivity contribution is 5.94. The third-order valence-corrected chi connectivity index (χ3v) is 5.90. The summed E-state index contributed by atoms with van der Waals surface area (Å²) in [6.07, 6.45) is 2.38. The van der Waals surface area contributed by atoms with E-state index in [1.54, 1.807) is 0 Å². The van der Waals surface area contributed by atoms with Gasteiger partial charge in [-0.1, -0.05) is 58.0 Å². The number of piperidine rings is 1. The van der Waals surface area contributed by atoms with Crippen LogP contribution < -0.4 is 10.1 Å². The molecule has 2 amide bonds. The minimum absolute atomic E-state index is 0.00606. The van der Waals surface area contributed by atoms with Gasteiger partial charge in [-0.15, -0.1) is 0 Å². The Morgan fingerprint density at radius 1 is 1.03 bits per heavy atom. The lowest BCUT2D eigenvalue weighted by molar-refractivity contribution is -0.134. The zero-order valence-electron chi connectivity index (χ0n) is 19.1. The normalized spacial score (nSPS) is 14.9. The van der Waals surface area contributed by atoms with E-state index in [1.807, 2.05) is 53.4 Å². The van der Waals surface area contributed by atoms with Gasteiger partial charge in [-0.2, -0.15) is 0 Å². The average Bonchev–Trinajstić information content (AvgIpc) is 2.77. The number of ether oxygens (including phenoxy) is 1. The summed E-state index contributed by atoms with van der Waals surface area (Å²) in [5, 5.41) is 3.12. The SMILES string of the molecule is CCc1ccccc1OCC(=O)N1CCC(NC(=O)c2ccc(C(C)(C)C)cc2)CC1. The molecule has 1 fully saturated rings. The van der Waals surface area contributed by atoms with Crippen molar-refractivity contribution in [3.63, 3.8) is 0 Å². The summed E-state index contributed by atoms with van der Waals surface area (Å²) < 4.78 is 5.76. The first-order valence-electron chi connectivity index (χ1n) is 11.2. The van der Waals surface area contributed by atoms with Crippen molar-refractivity contribution in [1.29, 1.82) is 0 Å². The van der Waals surface area contributed by atoms with Crippen LogP contribution in [0.2, 0.25) is 0 Å². The van der Waals surface area contributed by atoms with Crippen LogP contribution in [0.3, 0.4) is 0 Å². The van der Waals surface area contributed by atoms with E-state index in [0.29, 0.717) is 18.7 Å². The van der Waals surface area contributed by atoms with Gasteiger partial charge in [0, 0.05) is 24.7 Å². The van der Waals surface area contributed by atoms with Gasteiger partial charge in [0.15, 0.2) is 6.61 Å². The molecule has 0 radical (unpaired) electrons. The van der Waals surface area contributed by atoms with E-state index < -0.39 is 0 Å². The number of amides is 2. The summed E-state index contributed by atoms with van der Waals surface area (Å²) in [6.45, 7) is 9.85. The summed E-state index contributed by atoms with van der Waals surface area (Å²) in [7, 11) is 0. The zero-order valence-corrected chi connectivity index (χ0v) is 19.1. The molecule has 0 atom stereocenters. The predicted octanol–water partition coefficient (Wildman–Crippen LogP) is 4.35. The second-order valence-corrected chi connectivity index (χ2v) is 9.21. The van der Waals surface area contributed by atoms with Gasteiger partial charge in [-0.05, 0) is 54.0 Å². The van der Waals surface area contributed by atoms with Crippen molar-refractivity contribution in [3.8, 4) is 5.75 Å². The van der Waals surface area contributed by atoms with Crippen LogP contribution in [0.5, 0.6) is 5.75 Å². The number of carbonyl (C=O) groups excluding carboxylic acids is 2. The number of hydrogen-bond acceptors (Lipinski definition) is 3. The molecule has 2 aromatic rings. The summed E-state index contributed by atoms with van der Waals surface area (Å²) in [5.41, 5.74) is 3.05. The van der Waals surface area contributed by atoms with E-state index in [-0.39, 0.29) is 29.9 Å². The molecule has 0 aromatic heterocycles. The lowest BCUT2D eigenvalue weighted by Crippen LogP contribution is -2.47. The molecule has 0 aliphatic carbocycles. The van der Waals surface area contributed by atoms with E-state index in [1.165, 1.54) is 5.56 Å². The molecule has 0 saturated carbocycles. The van der Waals surface area contributed by atoms with Crippen molar-refractivity contribution in [3.05, 3.63) is 65.2 Å². The quantitative estimate of drug-likeness (QED) is 0.753. The fourth-order valence-corrected chi connectivity index (χ4v) is 3.83. The highest BCUT2D eigenvalue weighted by Crippen LogP contribution is 2.22. The molecule has 1 N–H and O–H groups in total. The molecule has 3 rings (SSSR count). The summed E-state index contributed by atoms with van der Waals surface area (Å²) in [5.74, 6) is 0.719. The maximum atomic E-state index is 12.6. The third kappa shape index (κ3) is 6.09. The van der Waals surface area contributed by atoms with Crippen LogP contribution in [0.15, 0.2) is 48.5 Å². The van der Waals surface area contributed by atoms with Crippen LogP contribution in [-0.4, -0.2) is 42.5 Å². The molecule has 1 heterocycles. The predicted molar refractivity (Wildman–Crippen MR) is 124 cm³/mol. The second kappa shape index (κ2) is 9.99. The molecule has 0 spiro atoms. The average molecular weight is 423 g/mol. The van der Waals surface area contributed by atoms with Gasteiger partial charge in [0.05, 0.1) is 0 Å². The van der Waals surface area contributed by atoms with Crippen LogP contribution in [0.4, 0.5) is 0 Å².